The second-order valence-electron chi connectivity index (χ2n) is 5.04. The molecule has 1 rings (SSSR count). The number of aryl methyl sites for hydroxylation is 1. The molecule has 0 fully saturated rings. The summed E-state index contributed by atoms with van der Waals surface area (Å²) >= 11 is 0. The normalized spacial score (nSPS) is 15.2. The lowest BCUT2D eigenvalue weighted by atomic mass is 10.0. The number of hydrogen-bond donors (Lipinski definition) is 2. The van der Waals surface area contributed by atoms with Crippen molar-refractivity contribution in [2.24, 2.45) is 5.92 Å². The van der Waals surface area contributed by atoms with Crippen molar-refractivity contribution in [1.82, 2.24) is 4.72 Å². The second-order valence-corrected chi connectivity index (χ2v) is 6.76. The van der Waals surface area contributed by atoms with E-state index in [2.05, 4.69) is 4.72 Å². The van der Waals surface area contributed by atoms with Gasteiger partial charge in [0.1, 0.15) is 0 Å². The minimum Gasteiger partial charge on any atom is -0.392 e. The summed E-state index contributed by atoms with van der Waals surface area (Å²) in [6.07, 6.45) is 0.916. The van der Waals surface area contributed by atoms with E-state index in [1.54, 1.807) is 12.1 Å². The molecule has 0 aliphatic rings. The highest BCUT2D eigenvalue weighted by Gasteiger charge is 2.20. The molecular weight excluding hydrogens is 262 g/mol. The molecule has 2 atom stereocenters. The molecule has 19 heavy (non-hydrogen) atoms. The molecule has 108 valence electrons. The molecule has 0 radical (unpaired) electrons. The van der Waals surface area contributed by atoms with Crippen LogP contribution in [0.15, 0.2) is 23.1 Å². The zero-order valence-corrected chi connectivity index (χ0v) is 12.8. The van der Waals surface area contributed by atoms with Gasteiger partial charge in [0.2, 0.25) is 10.0 Å². The molecule has 4 nitrogen and oxygen atoms in total. The Morgan fingerprint density at radius 3 is 2.47 bits per heavy atom. The van der Waals surface area contributed by atoms with E-state index in [4.69, 9.17) is 0 Å². The van der Waals surface area contributed by atoms with Crippen LogP contribution in [0, 0.1) is 12.8 Å². The smallest absolute Gasteiger partial charge is 0.240 e. The van der Waals surface area contributed by atoms with Crippen LogP contribution in [-0.2, 0) is 16.6 Å². The summed E-state index contributed by atoms with van der Waals surface area (Å²) < 4.78 is 27.2. The Kier molecular flexibility index (Phi) is 5.52. The van der Waals surface area contributed by atoms with Gasteiger partial charge in [-0.05, 0) is 43.0 Å². The van der Waals surface area contributed by atoms with Crippen molar-refractivity contribution in [3.8, 4) is 0 Å². The first-order valence-corrected chi connectivity index (χ1v) is 8.02. The standard InChI is InChI=1S/C14H23NO3S/c1-5-10(2)12(4)15-19(17,18)14-7-6-11(3)13(8-14)9-16/h6-8,10,12,15-16H,5,9H2,1-4H3. The Labute approximate surface area is 115 Å². The van der Waals surface area contributed by atoms with E-state index in [0.717, 1.165) is 12.0 Å². The van der Waals surface area contributed by atoms with Gasteiger partial charge >= 0.3 is 0 Å². The molecule has 0 saturated carbocycles. The third-order valence-corrected chi connectivity index (χ3v) is 5.20. The Bertz CT molecular complexity index is 525. The highest BCUT2D eigenvalue weighted by molar-refractivity contribution is 7.89. The fourth-order valence-corrected chi connectivity index (χ4v) is 3.17. The maximum atomic E-state index is 12.2. The summed E-state index contributed by atoms with van der Waals surface area (Å²) in [5.74, 6) is 0.275. The van der Waals surface area contributed by atoms with Crippen LogP contribution in [0.1, 0.15) is 38.3 Å². The van der Waals surface area contributed by atoms with Crippen LogP contribution in [0.25, 0.3) is 0 Å². The van der Waals surface area contributed by atoms with Gasteiger partial charge in [-0.25, -0.2) is 13.1 Å². The van der Waals surface area contributed by atoms with Gasteiger partial charge in [0.05, 0.1) is 11.5 Å². The number of rotatable bonds is 6. The lowest BCUT2D eigenvalue weighted by Gasteiger charge is -2.20. The van der Waals surface area contributed by atoms with Crippen molar-refractivity contribution >= 4 is 10.0 Å². The molecule has 2 unspecified atom stereocenters. The Balaban J connectivity index is 3.01. The quantitative estimate of drug-likeness (QED) is 0.842. The van der Waals surface area contributed by atoms with E-state index in [0.29, 0.717) is 5.56 Å². The topological polar surface area (TPSA) is 66.4 Å². The summed E-state index contributed by atoms with van der Waals surface area (Å²) in [4.78, 5) is 0.206. The van der Waals surface area contributed by atoms with Gasteiger partial charge in [-0.2, -0.15) is 0 Å². The number of aliphatic hydroxyl groups excluding tert-OH is 1. The predicted octanol–water partition coefficient (Wildman–Crippen LogP) is 2.20. The minimum atomic E-state index is -3.53. The van der Waals surface area contributed by atoms with Gasteiger partial charge in [-0.15, -0.1) is 0 Å². The van der Waals surface area contributed by atoms with Gasteiger partial charge in [-0.1, -0.05) is 26.3 Å². The van der Waals surface area contributed by atoms with E-state index in [1.807, 2.05) is 27.7 Å². The molecule has 1 aromatic rings. The van der Waals surface area contributed by atoms with Gasteiger partial charge in [0, 0.05) is 6.04 Å². The Morgan fingerprint density at radius 1 is 1.32 bits per heavy atom. The summed E-state index contributed by atoms with van der Waals surface area (Å²) in [5, 5.41) is 9.20. The van der Waals surface area contributed by atoms with Crippen LogP contribution in [0.2, 0.25) is 0 Å². The zero-order valence-electron chi connectivity index (χ0n) is 12.0. The molecule has 0 saturated heterocycles. The van der Waals surface area contributed by atoms with Crippen molar-refractivity contribution < 1.29 is 13.5 Å². The molecule has 0 heterocycles. The van der Waals surface area contributed by atoms with E-state index < -0.39 is 10.0 Å². The minimum absolute atomic E-state index is 0.117. The first-order valence-electron chi connectivity index (χ1n) is 6.54. The monoisotopic (exact) mass is 285 g/mol. The molecule has 2 N–H and O–H groups in total. The second kappa shape index (κ2) is 6.50. The van der Waals surface area contributed by atoms with E-state index in [9.17, 15) is 13.5 Å². The number of sulfonamides is 1. The Hall–Kier alpha value is -0.910. The first-order chi connectivity index (χ1) is 8.81. The maximum absolute atomic E-state index is 12.2. The highest BCUT2D eigenvalue weighted by Crippen LogP contribution is 2.17. The fraction of sp³-hybridized carbons (Fsp3) is 0.571. The van der Waals surface area contributed by atoms with Gasteiger partial charge < -0.3 is 5.11 Å². The predicted molar refractivity (Wildman–Crippen MR) is 76.3 cm³/mol. The highest BCUT2D eigenvalue weighted by atomic mass is 32.2. The van der Waals surface area contributed by atoms with E-state index >= 15 is 0 Å². The largest absolute Gasteiger partial charge is 0.392 e. The van der Waals surface area contributed by atoms with E-state index in [1.165, 1.54) is 6.07 Å². The first kappa shape index (κ1) is 16.1. The van der Waals surface area contributed by atoms with Crippen molar-refractivity contribution in [2.45, 2.75) is 51.7 Å². The zero-order chi connectivity index (χ0) is 14.6. The van der Waals surface area contributed by atoms with Crippen molar-refractivity contribution in [3.63, 3.8) is 0 Å². The van der Waals surface area contributed by atoms with Crippen LogP contribution >= 0.6 is 0 Å². The molecule has 0 spiro atoms. The van der Waals surface area contributed by atoms with Crippen LogP contribution in [-0.4, -0.2) is 19.6 Å². The molecule has 1 aromatic carbocycles. The average Bonchev–Trinajstić information content (AvgIpc) is 2.37. The Morgan fingerprint density at radius 2 is 1.95 bits per heavy atom. The van der Waals surface area contributed by atoms with Crippen LogP contribution < -0.4 is 4.72 Å². The van der Waals surface area contributed by atoms with Crippen molar-refractivity contribution in [3.05, 3.63) is 29.3 Å². The number of benzene rings is 1. The molecule has 0 aromatic heterocycles. The molecule has 5 heteroatoms. The van der Waals surface area contributed by atoms with Crippen molar-refractivity contribution in [2.75, 3.05) is 0 Å². The molecule has 0 aliphatic heterocycles. The van der Waals surface area contributed by atoms with Gasteiger partial charge in [0.15, 0.2) is 0 Å². The maximum Gasteiger partial charge on any atom is 0.240 e. The molecular formula is C14H23NO3S. The van der Waals surface area contributed by atoms with Gasteiger partial charge in [-0.3, -0.25) is 0 Å². The summed E-state index contributed by atoms with van der Waals surface area (Å²) in [7, 11) is -3.53. The molecule has 0 aliphatic carbocycles. The van der Waals surface area contributed by atoms with Crippen LogP contribution in [0.5, 0.6) is 0 Å². The fourth-order valence-electron chi connectivity index (χ4n) is 1.77. The van der Waals surface area contributed by atoms with E-state index in [-0.39, 0.29) is 23.5 Å². The summed E-state index contributed by atoms with van der Waals surface area (Å²) in [6, 6.07) is 4.70. The average molecular weight is 285 g/mol. The van der Waals surface area contributed by atoms with Gasteiger partial charge in [0.25, 0.3) is 0 Å². The number of aliphatic hydroxyl groups is 1. The third kappa shape index (κ3) is 4.03. The SMILES string of the molecule is CCC(C)C(C)NS(=O)(=O)c1ccc(C)c(CO)c1. The van der Waals surface area contributed by atoms with Crippen LogP contribution in [0.3, 0.4) is 0 Å². The summed E-state index contributed by atoms with van der Waals surface area (Å²) in [5.41, 5.74) is 1.52. The number of hydrogen-bond acceptors (Lipinski definition) is 3. The number of nitrogens with one attached hydrogen (secondary N) is 1. The summed E-state index contributed by atoms with van der Waals surface area (Å²) in [6.45, 7) is 7.60. The lowest BCUT2D eigenvalue weighted by Crippen LogP contribution is -2.36. The molecule has 0 bridgehead atoms. The van der Waals surface area contributed by atoms with Crippen LogP contribution in [0.4, 0.5) is 0 Å². The lowest BCUT2D eigenvalue weighted by molar-refractivity contribution is 0.280. The third-order valence-electron chi connectivity index (χ3n) is 3.64. The molecule has 0 amide bonds. The van der Waals surface area contributed by atoms with Crippen molar-refractivity contribution in [1.29, 1.82) is 0 Å².